The van der Waals surface area contributed by atoms with E-state index in [2.05, 4.69) is 11.0 Å². The average molecular weight is 216 g/mol. The number of carbonyl (C=O) groups excluding carboxylic acids is 1. The Kier molecular flexibility index (Phi) is 2.66. The molecule has 0 atom stereocenters. The number of nitrogens with zero attached hydrogens (tertiary/aromatic N) is 2. The molecule has 0 aliphatic heterocycles. The van der Waals surface area contributed by atoms with E-state index in [-0.39, 0.29) is 0 Å². The van der Waals surface area contributed by atoms with Crippen molar-refractivity contribution in [2.75, 3.05) is 0 Å². The Balaban J connectivity index is 2.44. The molecule has 0 radical (unpaired) electrons. The number of terminal acetylenes is 1. The lowest BCUT2D eigenvalue weighted by Crippen LogP contribution is -2.02. The Bertz CT molecular complexity index is 505. The number of rotatable bonds is 3. The van der Waals surface area contributed by atoms with Gasteiger partial charge < -0.3 is 0 Å². The van der Waals surface area contributed by atoms with Crippen molar-refractivity contribution in [2.45, 2.75) is 6.54 Å². The van der Waals surface area contributed by atoms with E-state index in [1.807, 2.05) is 16.8 Å². The van der Waals surface area contributed by atoms with E-state index in [1.165, 1.54) is 4.68 Å². The molecule has 2 rings (SSSR count). The van der Waals surface area contributed by atoms with E-state index in [9.17, 15) is 4.79 Å². The van der Waals surface area contributed by atoms with Crippen LogP contribution in [0.25, 0.3) is 11.3 Å². The molecule has 0 bridgehead atoms. The Morgan fingerprint density at radius 3 is 3.13 bits per heavy atom. The minimum Gasteiger partial charge on any atom is -0.296 e. The van der Waals surface area contributed by atoms with Gasteiger partial charge in [0.25, 0.3) is 0 Å². The quantitative estimate of drug-likeness (QED) is 0.581. The number of thiophene rings is 1. The maximum atomic E-state index is 10.8. The smallest absolute Gasteiger partial charge is 0.168 e. The van der Waals surface area contributed by atoms with Gasteiger partial charge in [0.15, 0.2) is 6.29 Å². The molecule has 0 amide bonds. The first kappa shape index (κ1) is 9.69. The molecule has 15 heavy (non-hydrogen) atoms. The Morgan fingerprint density at radius 1 is 1.67 bits per heavy atom. The SMILES string of the molecule is C#CCn1nc(-c2ccsc2)cc1C=O. The van der Waals surface area contributed by atoms with Crippen molar-refractivity contribution >= 4 is 17.6 Å². The van der Waals surface area contributed by atoms with Gasteiger partial charge in [0.1, 0.15) is 12.2 Å². The van der Waals surface area contributed by atoms with Crippen molar-refractivity contribution in [3.8, 4) is 23.6 Å². The van der Waals surface area contributed by atoms with E-state index >= 15 is 0 Å². The van der Waals surface area contributed by atoms with Gasteiger partial charge in [-0.2, -0.15) is 16.4 Å². The topological polar surface area (TPSA) is 34.9 Å². The zero-order chi connectivity index (χ0) is 10.7. The number of carbonyl (C=O) groups is 1. The lowest BCUT2D eigenvalue weighted by atomic mass is 10.2. The second-order valence-electron chi connectivity index (χ2n) is 2.95. The lowest BCUT2D eigenvalue weighted by molar-refractivity contribution is 0.111. The van der Waals surface area contributed by atoms with Gasteiger partial charge in [0.05, 0.1) is 5.69 Å². The standard InChI is InChI=1S/C11H8N2OS/c1-2-4-13-10(7-14)6-11(12-13)9-3-5-15-8-9/h1,3,5-8H,4H2. The predicted octanol–water partition coefficient (Wildman–Crippen LogP) is 2.06. The Hall–Kier alpha value is -1.86. The zero-order valence-electron chi connectivity index (χ0n) is 7.88. The van der Waals surface area contributed by atoms with Crippen molar-refractivity contribution in [2.24, 2.45) is 0 Å². The summed E-state index contributed by atoms with van der Waals surface area (Å²) < 4.78 is 1.53. The van der Waals surface area contributed by atoms with Crippen LogP contribution in [0.5, 0.6) is 0 Å². The highest BCUT2D eigenvalue weighted by atomic mass is 32.1. The molecular weight excluding hydrogens is 208 g/mol. The molecule has 0 N–H and O–H groups in total. The third-order valence-electron chi connectivity index (χ3n) is 1.99. The normalized spacial score (nSPS) is 9.80. The van der Waals surface area contributed by atoms with Crippen LogP contribution in [-0.4, -0.2) is 16.1 Å². The summed E-state index contributed by atoms with van der Waals surface area (Å²) in [5.41, 5.74) is 2.31. The highest BCUT2D eigenvalue weighted by molar-refractivity contribution is 7.08. The van der Waals surface area contributed by atoms with Crippen LogP contribution in [0.2, 0.25) is 0 Å². The zero-order valence-corrected chi connectivity index (χ0v) is 8.70. The third-order valence-corrected chi connectivity index (χ3v) is 2.67. The van der Waals surface area contributed by atoms with Crippen LogP contribution >= 0.6 is 11.3 Å². The minimum atomic E-state index is 0.318. The molecule has 0 unspecified atom stereocenters. The van der Waals surface area contributed by atoms with E-state index in [0.717, 1.165) is 17.5 Å². The van der Waals surface area contributed by atoms with Gasteiger partial charge in [-0.15, -0.1) is 6.42 Å². The minimum absolute atomic E-state index is 0.318. The Morgan fingerprint density at radius 2 is 2.53 bits per heavy atom. The second-order valence-corrected chi connectivity index (χ2v) is 3.73. The van der Waals surface area contributed by atoms with Crippen LogP contribution in [0.15, 0.2) is 22.9 Å². The molecule has 74 valence electrons. The maximum absolute atomic E-state index is 10.8. The van der Waals surface area contributed by atoms with Gasteiger partial charge in [-0.3, -0.25) is 4.79 Å². The summed E-state index contributed by atoms with van der Waals surface area (Å²) in [7, 11) is 0. The molecule has 0 saturated carbocycles. The summed E-state index contributed by atoms with van der Waals surface area (Å²) in [5, 5.41) is 8.21. The van der Waals surface area contributed by atoms with Crippen LogP contribution in [0.3, 0.4) is 0 Å². The number of aromatic nitrogens is 2. The molecule has 0 aliphatic rings. The summed E-state index contributed by atoms with van der Waals surface area (Å²) in [4.78, 5) is 10.8. The van der Waals surface area contributed by atoms with Gasteiger partial charge in [-0.25, -0.2) is 4.68 Å². The molecule has 3 nitrogen and oxygen atoms in total. The average Bonchev–Trinajstić information content (AvgIpc) is 2.84. The van der Waals surface area contributed by atoms with Crippen molar-refractivity contribution < 1.29 is 4.79 Å². The molecule has 4 heteroatoms. The van der Waals surface area contributed by atoms with Crippen LogP contribution in [0, 0.1) is 12.3 Å². The van der Waals surface area contributed by atoms with Crippen LogP contribution in [0.4, 0.5) is 0 Å². The fraction of sp³-hybridized carbons (Fsp3) is 0.0909. The summed E-state index contributed by atoms with van der Waals surface area (Å²) in [6.07, 6.45) is 5.95. The van der Waals surface area contributed by atoms with Crippen molar-refractivity contribution in [1.82, 2.24) is 9.78 Å². The molecule has 2 aromatic heterocycles. The van der Waals surface area contributed by atoms with Gasteiger partial charge >= 0.3 is 0 Å². The summed E-state index contributed by atoms with van der Waals surface area (Å²) >= 11 is 1.59. The largest absolute Gasteiger partial charge is 0.296 e. The van der Waals surface area contributed by atoms with Gasteiger partial charge in [-0.05, 0) is 17.5 Å². The lowest BCUT2D eigenvalue weighted by Gasteiger charge is -1.94. The molecule has 2 heterocycles. The summed E-state index contributed by atoms with van der Waals surface area (Å²) in [6.45, 7) is 0.318. The molecule has 0 spiro atoms. The highest BCUT2D eigenvalue weighted by Gasteiger charge is 2.07. The monoisotopic (exact) mass is 216 g/mol. The second kappa shape index (κ2) is 4.11. The molecule has 0 aromatic carbocycles. The molecule has 0 fully saturated rings. The van der Waals surface area contributed by atoms with E-state index in [1.54, 1.807) is 17.4 Å². The Labute approximate surface area is 91.4 Å². The highest BCUT2D eigenvalue weighted by Crippen LogP contribution is 2.21. The predicted molar refractivity (Wildman–Crippen MR) is 59.8 cm³/mol. The summed E-state index contributed by atoms with van der Waals surface area (Å²) in [6, 6.07) is 3.70. The molecule has 0 aliphatic carbocycles. The first-order valence-corrected chi connectivity index (χ1v) is 5.28. The van der Waals surface area contributed by atoms with Gasteiger partial charge in [0, 0.05) is 10.9 Å². The van der Waals surface area contributed by atoms with Gasteiger partial charge in [0.2, 0.25) is 0 Å². The summed E-state index contributed by atoms with van der Waals surface area (Å²) in [5.74, 6) is 2.46. The van der Waals surface area contributed by atoms with Crippen LogP contribution in [0.1, 0.15) is 10.5 Å². The number of hydrogen-bond donors (Lipinski definition) is 0. The van der Waals surface area contributed by atoms with Crippen molar-refractivity contribution in [3.63, 3.8) is 0 Å². The number of hydrogen-bond acceptors (Lipinski definition) is 3. The fourth-order valence-corrected chi connectivity index (χ4v) is 1.94. The van der Waals surface area contributed by atoms with Crippen molar-refractivity contribution in [3.05, 3.63) is 28.6 Å². The van der Waals surface area contributed by atoms with E-state index in [0.29, 0.717) is 12.2 Å². The fourth-order valence-electron chi connectivity index (χ4n) is 1.29. The van der Waals surface area contributed by atoms with E-state index in [4.69, 9.17) is 6.42 Å². The first-order valence-electron chi connectivity index (χ1n) is 4.34. The first-order chi connectivity index (χ1) is 7.35. The van der Waals surface area contributed by atoms with Gasteiger partial charge in [-0.1, -0.05) is 5.92 Å². The molecular formula is C11H8N2OS. The van der Waals surface area contributed by atoms with Crippen LogP contribution in [-0.2, 0) is 6.54 Å². The number of aldehydes is 1. The maximum Gasteiger partial charge on any atom is 0.168 e. The van der Waals surface area contributed by atoms with E-state index < -0.39 is 0 Å². The molecule has 2 aromatic rings. The van der Waals surface area contributed by atoms with Crippen LogP contribution < -0.4 is 0 Å². The van der Waals surface area contributed by atoms with Crippen molar-refractivity contribution in [1.29, 1.82) is 0 Å². The molecule has 0 saturated heterocycles. The third kappa shape index (κ3) is 1.83.